The quantitative estimate of drug-likeness (QED) is 0.758. The molecule has 1 aliphatic carbocycles. The van der Waals surface area contributed by atoms with Gasteiger partial charge in [-0.25, -0.2) is 4.98 Å². The molecular weight excluding hydrogens is 178 g/mol. The summed E-state index contributed by atoms with van der Waals surface area (Å²) in [5.74, 6) is 0.555. The van der Waals surface area contributed by atoms with E-state index < -0.39 is 0 Å². The molecule has 0 unspecified atom stereocenters. The lowest BCUT2D eigenvalue weighted by Crippen LogP contribution is -2.40. The maximum atomic E-state index is 5.49. The van der Waals surface area contributed by atoms with Crippen LogP contribution in [0.2, 0.25) is 0 Å². The molecule has 1 saturated carbocycles. The molecule has 2 rings (SSSR count). The Morgan fingerprint density at radius 2 is 2.29 bits per heavy atom. The van der Waals surface area contributed by atoms with Crippen molar-refractivity contribution in [3.05, 3.63) is 18.3 Å². The van der Waals surface area contributed by atoms with E-state index in [1.165, 1.54) is 0 Å². The van der Waals surface area contributed by atoms with Gasteiger partial charge in [0.15, 0.2) is 0 Å². The van der Waals surface area contributed by atoms with Crippen LogP contribution < -0.4 is 11.1 Å². The number of hydrogen-bond acceptors (Lipinski definition) is 4. The molecule has 3 N–H and O–H groups in total. The molecule has 0 saturated heterocycles. The summed E-state index contributed by atoms with van der Waals surface area (Å²) in [6.45, 7) is 0. The first-order chi connectivity index (χ1) is 6.78. The van der Waals surface area contributed by atoms with Gasteiger partial charge in [0.05, 0.1) is 18.0 Å². The second-order valence-electron chi connectivity index (χ2n) is 3.64. The number of anilines is 2. The standard InChI is InChI=1S/C10H15N3O/c1-14-9-4-8(5-9)13-7-2-3-10(11)12-6-7/h2-3,6,8-9,13H,4-5H2,1H3,(H2,11,12). The Hall–Kier alpha value is -1.29. The van der Waals surface area contributed by atoms with Crippen molar-refractivity contribution in [3.8, 4) is 0 Å². The lowest BCUT2D eigenvalue weighted by molar-refractivity contribution is 0.0328. The summed E-state index contributed by atoms with van der Waals surface area (Å²) in [5, 5.41) is 3.37. The summed E-state index contributed by atoms with van der Waals surface area (Å²) in [7, 11) is 1.76. The molecule has 76 valence electrons. The number of nitrogen functional groups attached to an aromatic ring is 1. The minimum absolute atomic E-state index is 0.425. The van der Waals surface area contributed by atoms with Crippen LogP contribution in [-0.4, -0.2) is 24.2 Å². The normalized spacial score (nSPS) is 25.5. The van der Waals surface area contributed by atoms with Gasteiger partial charge >= 0.3 is 0 Å². The van der Waals surface area contributed by atoms with Crippen LogP contribution in [0.5, 0.6) is 0 Å². The monoisotopic (exact) mass is 193 g/mol. The van der Waals surface area contributed by atoms with E-state index >= 15 is 0 Å². The fourth-order valence-electron chi connectivity index (χ4n) is 1.60. The number of nitrogens with one attached hydrogen (secondary N) is 1. The Labute approximate surface area is 83.5 Å². The number of ether oxygens (including phenoxy) is 1. The first kappa shape index (κ1) is 9.27. The second kappa shape index (κ2) is 3.84. The predicted octanol–water partition coefficient (Wildman–Crippen LogP) is 1.25. The first-order valence-electron chi connectivity index (χ1n) is 4.79. The largest absolute Gasteiger partial charge is 0.384 e. The lowest BCUT2D eigenvalue weighted by atomic mass is 9.89. The average molecular weight is 193 g/mol. The van der Waals surface area contributed by atoms with Crippen LogP contribution in [-0.2, 0) is 4.74 Å². The van der Waals surface area contributed by atoms with E-state index in [4.69, 9.17) is 10.5 Å². The topological polar surface area (TPSA) is 60.2 Å². The van der Waals surface area contributed by atoms with Gasteiger partial charge in [-0.15, -0.1) is 0 Å². The molecule has 0 aromatic carbocycles. The van der Waals surface area contributed by atoms with Gasteiger partial charge in [0.25, 0.3) is 0 Å². The van der Waals surface area contributed by atoms with Crippen LogP contribution in [0, 0.1) is 0 Å². The number of nitrogens with zero attached hydrogens (tertiary/aromatic N) is 1. The van der Waals surface area contributed by atoms with Gasteiger partial charge in [0.2, 0.25) is 0 Å². The molecule has 0 radical (unpaired) electrons. The van der Waals surface area contributed by atoms with E-state index in [0.717, 1.165) is 18.5 Å². The van der Waals surface area contributed by atoms with Gasteiger partial charge in [-0.3, -0.25) is 0 Å². The van der Waals surface area contributed by atoms with Crippen molar-refractivity contribution in [2.75, 3.05) is 18.2 Å². The van der Waals surface area contributed by atoms with Gasteiger partial charge in [0.1, 0.15) is 5.82 Å². The molecule has 0 amide bonds. The Morgan fingerprint density at radius 3 is 2.86 bits per heavy atom. The van der Waals surface area contributed by atoms with Crippen molar-refractivity contribution in [1.29, 1.82) is 0 Å². The fraction of sp³-hybridized carbons (Fsp3) is 0.500. The molecule has 1 aliphatic rings. The summed E-state index contributed by atoms with van der Waals surface area (Å²) in [5.41, 5.74) is 6.52. The molecule has 1 aromatic rings. The van der Waals surface area contributed by atoms with E-state index in [1.54, 1.807) is 19.4 Å². The molecule has 4 nitrogen and oxygen atoms in total. The van der Waals surface area contributed by atoms with E-state index in [1.807, 2.05) is 6.07 Å². The van der Waals surface area contributed by atoms with Crippen molar-refractivity contribution in [2.24, 2.45) is 0 Å². The third kappa shape index (κ3) is 1.96. The highest BCUT2D eigenvalue weighted by atomic mass is 16.5. The van der Waals surface area contributed by atoms with E-state index in [2.05, 4.69) is 10.3 Å². The highest BCUT2D eigenvalue weighted by molar-refractivity contribution is 5.46. The zero-order chi connectivity index (χ0) is 9.97. The molecule has 1 heterocycles. The van der Waals surface area contributed by atoms with Gasteiger partial charge < -0.3 is 15.8 Å². The molecule has 0 aliphatic heterocycles. The van der Waals surface area contributed by atoms with Gasteiger partial charge in [-0.1, -0.05) is 0 Å². The van der Waals surface area contributed by atoms with Crippen LogP contribution in [0.4, 0.5) is 11.5 Å². The van der Waals surface area contributed by atoms with Crippen molar-refractivity contribution in [3.63, 3.8) is 0 Å². The third-order valence-corrected chi connectivity index (χ3v) is 2.59. The maximum absolute atomic E-state index is 5.49. The SMILES string of the molecule is COC1CC(Nc2ccc(N)nc2)C1. The number of rotatable bonds is 3. The predicted molar refractivity (Wildman–Crippen MR) is 56.1 cm³/mol. The molecule has 0 bridgehead atoms. The molecule has 0 spiro atoms. The third-order valence-electron chi connectivity index (χ3n) is 2.59. The smallest absolute Gasteiger partial charge is 0.123 e. The first-order valence-corrected chi connectivity index (χ1v) is 4.79. The van der Waals surface area contributed by atoms with Gasteiger partial charge in [-0.05, 0) is 25.0 Å². The molecule has 1 fully saturated rings. The highest BCUT2D eigenvalue weighted by Gasteiger charge is 2.28. The Morgan fingerprint density at radius 1 is 1.50 bits per heavy atom. The Balaban J connectivity index is 1.84. The minimum atomic E-state index is 0.425. The van der Waals surface area contributed by atoms with E-state index in [-0.39, 0.29) is 0 Å². The molecule has 1 aromatic heterocycles. The lowest BCUT2D eigenvalue weighted by Gasteiger charge is -2.35. The fourth-order valence-corrected chi connectivity index (χ4v) is 1.60. The van der Waals surface area contributed by atoms with Crippen LogP contribution in [0.15, 0.2) is 18.3 Å². The summed E-state index contributed by atoms with van der Waals surface area (Å²) in [4.78, 5) is 4.01. The molecular formula is C10H15N3O. The Kier molecular flexibility index (Phi) is 2.54. The second-order valence-corrected chi connectivity index (χ2v) is 3.64. The zero-order valence-corrected chi connectivity index (χ0v) is 8.23. The maximum Gasteiger partial charge on any atom is 0.123 e. The number of hydrogen-bond donors (Lipinski definition) is 2. The van der Waals surface area contributed by atoms with E-state index in [9.17, 15) is 0 Å². The summed E-state index contributed by atoms with van der Waals surface area (Å²) < 4.78 is 5.20. The Bertz CT molecular complexity index is 293. The van der Waals surface area contributed by atoms with Crippen molar-refractivity contribution in [1.82, 2.24) is 4.98 Å². The highest BCUT2D eigenvalue weighted by Crippen LogP contribution is 2.25. The van der Waals surface area contributed by atoms with Crippen LogP contribution in [0.25, 0.3) is 0 Å². The zero-order valence-electron chi connectivity index (χ0n) is 8.23. The van der Waals surface area contributed by atoms with Gasteiger partial charge in [-0.2, -0.15) is 0 Å². The van der Waals surface area contributed by atoms with Crippen molar-refractivity contribution in [2.45, 2.75) is 25.0 Å². The van der Waals surface area contributed by atoms with Crippen LogP contribution in [0.1, 0.15) is 12.8 Å². The van der Waals surface area contributed by atoms with Gasteiger partial charge in [0, 0.05) is 13.2 Å². The van der Waals surface area contributed by atoms with Crippen molar-refractivity contribution >= 4 is 11.5 Å². The minimum Gasteiger partial charge on any atom is -0.384 e. The average Bonchev–Trinajstić information content (AvgIpc) is 2.13. The molecule has 14 heavy (non-hydrogen) atoms. The summed E-state index contributed by atoms with van der Waals surface area (Å²) >= 11 is 0. The van der Waals surface area contributed by atoms with E-state index in [0.29, 0.717) is 18.0 Å². The summed E-state index contributed by atoms with van der Waals surface area (Å²) in [6, 6.07) is 4.27. The number of methoxy groups -OCH3 is 1. The number of pyridine rings is 1. The summed E-state index contributed by atoms with van der Waals surface area (Å²) in [6.07, 6.45) is 4.33. The van der Waals surface area contributed by atoms with Crippen LogP contribution >= 0.6 is 0 Å². The number of aromatic nitrogens is 1. The number of nitrogens with two attached hydrogens (primary N) is 1. The van der Waals surface area contributed by atoms with Crippen LogP contribution in [0.3, 0.4) is 0 Å². The molecule has 0 atom stereocenters. The molecule has 4 heteroatoms. The van der Waals surface area contributed by atoms with Crippen molar-refractivity contribution < 1.29 is 4.74 Å².